The van der Waals surface area contributed by atoms with E-state index in [0.29, 0.717) is 72.1 Å². The van der Waals surface area contributed by atoms with Gasteiger partial charge in [-0.15, -0.1) is 0 Å². The molecule has 3 N–H and O–H groups in total. The molecule has 0 radical (unpaired) electrons. The molecule has 17 nitrogen and oxygen atoms in total. The van der Waals surface area contributed by atoms with Crippen molar-refractivity contribution in [3.8, 4) is 67.8 Å². The Morgan fingerprint density at radius 2 is 0.689 bits per heavy atom. The van der Waals surface area contributed by atoms with Crippen LogP contribution in [0.15, 0.2) is 209 Å². The summed E-state index contributed by atoms with van der Waals surface area (Å²) < 4.78 is 178. The number of aryl methyl sites for hydroxylation is 4. The van der Waals surface area contributed by atoms with Crippen molar-refractivity contribution in [1.82, 2.24) is 64.4 Å². The number of likely N-dealkylation sites (tertiary alicyclic amines) is 1. The molecule has 0 aliphatic carbocycles. The van der Waals surface area contributed by atoms with E-state index in [0.717, 1.165) is 214 Å². The van der Waals surface area contributed by atoms with Crippen molar-refractivity contribution in [1.29, 1.82) is 0 Å². The molecule has 0 saturated carbocycles. The van der Waals surface area contributed by atoms with Gasteiger partial charge in [0.2, 0.25) is 0 Å². The maximum absolute atomic E-state index is 14.5. The third-order valence-corrected chi connectivity index (χ3v) is 24.4. The van der Waals surface area contributed by atoms with Crippen molar-refractivity contribution in [3.63, 3.8) is 0 Å². The zero-order valence-corrected chi connectivity index (χ0v) is 80.0. The summed E-state index contributed by atoms with van der Waals surface area (Å²) in [7, 11) is 12.1. The molecule has 135 heavy (non-hydrogen) atoms. The fourth-order valence-electron chi connectivity index (χ4n) is 16.2. The molecule has 10 aromatic carbocycles. The van der Waals surface area contributed by atoms with Gasteiger partial charge in [-0.25, -0.2) is 44.3 Å². The van der Waals surface area contributed by atoms with Crippen LogP contribution in [0.5, 0.6) is 0 Å². The minimum atomic E-state index is -4.62. The summed E-state index contributed by atoms with van der Waals surface area (Å²) in [5.41, 5.74) is 6.05. The van der Waals surface area contributed by atoms with E-state index in [1.165, 1.54) is 49.6 Å². The van der Waals surface area contributed by atoms with Crippen molar-refractivity contribution in [2.45, 2.75) is 97.3 Å². The first kappa shape index (κ1) is 101. The van der Waals surface area contributed by atoms with Crippen LogP contribution in [-0.2, 0) is 24.7 Å². The molecule has 6 heterocycles. The van der Waals surface area contributed by atoms with E-state index in [4.69, 9.17) is 9.97 Å². The number of benzene rings is 10. The van der Waals surface area contributed by atoms with Gasteiger partial charge in [0.25, 0.3) is 0 Å². The third-order valence-electron chi connectivity index (χ3n) is 23.5. The lowest BCUT2D eigenvalue weighted by Crippen LogP contribution is -2.44. The molecule has 2 saturated heterocycles. The second-order valence-electron chi connectivity index (χ2n) is 34.6. The van der Waals surface area contributed by atoms with Gasteiger partial charge in [-0.3, -0.25) is 0 Å². The van der Waals surface area contributed by atoms with Crippen LogP contribution < -0.4 is 20.9 Å². The van der Waals surface area contributed by atoms with Gasteiger partial charge < -0.3 is 45.3 Å². The topological polar surface area (TPSA) is 159 Å². The van der Waals surface area contributed by atoms with Crippen molar-refractivity contribution < 1.29 is 57.1 Å². The fraction of sp³-hybridized carbons (Fsp3) is 0.340. The second kappa shape index (κ2) is 45.1. The number of piperazine rings is 1. The summed E-state index contributed by atoms with van der Waals surface area (Å²) in [6.45, 7) is 21.0. The largest absolute Gasteiger partial charge is 0.416 e. The standard InChI is InChI=1S/C28H29F3N4.C27H26F4N4.C24H27BrF3N5.C24H26BrF3N4/c1-19-10-8-13-24-25(19)32-26(33-27(24)35(4)15-9-14-34(2)3)22-16-21(20-11-6-5-7-12-20)17-23(18-22)28(29,30)31;1-17-8-6-10-22-24(17)33-25(34-26(22)32-12-7-13-35(2)3)19-14-18(15-20(16-19)27(29,30)31)21-9-4-5-11-23(21)28;1-16-5-3-6-20-21(16)30-22(17-13-18(24(26,27)28)15-19(25)14-17)31-23(20)29-7-4-8-33-11-9-32(2)10-12-33;1-16-7-5-8-20-21(16)30-22(17-13-18(24(26,27)28)15-19(25)14-17)31-23(20)29-9-6-12-32-10-3-2-4-11-32/h5-8,10-13,16-18H,9,14-15H2,1-4H3;4-6,8-11,14-16H,7,12-13H2,1-3H3,(H,32,33,34);3,5-6,13-15H,4,7-12H2,1-2H3,(H,29,30,31);5,7-8,13-15H,2-4,6,9-12H2,1H3,(H,29,30,31). The maximum atomic E-state index is 14.5. The van der Waals surface area contributed by atoms with E-state index in [9.17, 15) is 57.1 Å². The molecule has 4 aromatic heterocycles. The number of anilines is 4. The second-order valence-corrected chi connectivity index (χ2v) is 36.4. The number of alkyl halides is 12. The Morgan fingerprint density at radius 1 is 0.333 bits per heavy atom. The number of aromatic nitrogens is 8. The number of likely N-dealkylation sites (N-methyl/N-ethyl adjacent to an activating group) is 1. The Kier molecular flexibility index (Phi) is 33.7. The Morgan fingerprint density at radius 3 is 1.12 bits per heavy atom. The van der Waals surface area contributed by atoms with E-state index >= 15 is 0 Å². The van der Waals surface area contributed by atoms with E-state index in [2.05, 4.69) is 114 Å². The van der Waals surface area contributed by atoms with Crippen LogP contribution in [0.1, 0.15) is 89.5 Å². The molecule has 0 amide bonds. The predicted molar refractivity (Wildman–Crippen MR) is 524 cm³/mol. The van der Waals surface area contributed by atoms with Crippen LogP contribution in [0.3, 0.4) is 0 Å². The normalized spacial score (nSPS) is 13.7. The van der Waals surface area contributed by atoms with Gasteiger partial charge in [-0.2, -0.15) is 52.7 Å². The van der Waals surface area contributed by atoms with Crippen LogP contribution in [0.2, 0.25) is 0 Å². The van der Waals surface area contributed by atoms with E-state index < -0.39 is 52.8 Å². The van der Waals surface area contributed by atoms with Gasteiger partial charge in [0.05, 0.1) is 44.3 Å². The van der Waals surface area contributed by atoms with Crippen LogP contribution in [0.25, 0.3) is 111 Å². The van der Waals surface area contributed by atoms with Gasteiger partial charge in [0.1, 0.15) is 29.1 Å². The number of piperidine rings is 1. The average Bonchev–Trinajstić information content (AvgIpc) is 0.778. The molecule has 2 aliphatic heterocycles. The van der Waals surface area contributed by atoms with Gasteiger partial charge >= 0.3 is 24.7 Å². The Bertz CT molecular complexity index is 6420. The lowest BCUT2D eigenvalue weighted by molar-refractivity contribution is -0.138. The van der Waals surface area contributed by atoms with Gasteiger partial charge in [-0.05, 0) is 283 Å². The Labute approximate surface area is 794 Å². The molecule has 0 bridgehead atoms. The molecule has 14 aromatic rings. The maximum Gasteiger partial charge on any atom is 0.416 e. The number of para-hydroxylation sites is 4. The first-order chi connectivity index (χ1) is 64.3. The minimum Gasteiger partial charge on any atom is -0.369 e. The first-order valence-electron chi connectivity index (χ1n) is 44.8. The molecule has 0 unspecified atom stereocenters. The number of halogens is 15. The molecule has 710 valence electrons. The average molecular weight is 1990 g/mol. The minimum absolute atomic E-state index is 0.0823. The van der Waals surface area contributed by atoms with Crippen LogP contribution >= 0.6 is 31.9 Å². The zero-order valence-electron chi connectivity index (χ0n) is 76.8. The quantitative estimate of drug-likeness (QED) is 0.0347. The summed E-state index contributed by atoms with van der Waals surface area (Å²) >= 11 is 6.40. The molecule has 2 fully saturated rings. The molecule has 16 rings (SSSR count). The highest BCUT2D eigenvalue weighted by Crippen LogP contribution is 2.43. The van der Waals surface area contributed by atoms with Gasteiger partial charge in [0, 0.05) is 118 Å². The highest BCUT2D eigenvalue weighted by atomic mass is 79.9. The molecular formula is C103H108Br2F13N17. The van der Waals surface area contributed by atoms with E-state index in [1.807, 2.05) is 154 Å². The number of hydrogen-bond donors (Lipinski definition) is 3. The molecule has 2 aliphatic rings. The molecule has 32 heteroatoms. The number of hydrogen-bond acceptors (Lipinski definition) is 17. The Balaban J connectivity index is 0.000000153. The number of rotatable bonds is 26. The van der Waals surface area contributed by atoms with Crippen LogP contribution in [-0.4, -0.2) is 198 Å². The Hall–Kier alpha value is -11.4. The van der Waals surface area contributed by atoms with E-state index in [1.54, 1.807) is 36.4 Å². The van der Waals surface area contributed by atoms with Crippen molar-refractivity contribution in [2.24, 2.45) is 0 Å². The summed E-state index contributed by atoms with van der Waals surface area (Å²) in [5.74, 6) is 2.93. The monoisotopic (exact) mass is 1990 g/mol. The molecular weight excluding hydrogens is 1880 g/mol. The summed E-state index contributed by atoms with van der Waals surface area (Å²) in [6.07, 6.45) is -10.4. The van der Waals surface area contributed by atoms with Crippen LogP contribution in [0, 0.1) is 33.5 Å². The smallest absolute Gasteiger partial charge is 0.369 e. The zero-order chi connectivity index (χ0) is 96.6. The van der Waals surface area contributed by atoms with Crippen LogP contribution in [0.4, 0.5) is 80.3 Å². The lowest BCUT2D eigenvalue weighted by Gasteiger charge is -2.32. The number of nitrogens with one attached hydrogen (secondary N) is 3. The fourth-order valence-corrected chi connectivity index (χ4v) is 17.2. The highest BCUT2D eigenvalue weighted by molar-refractivity contribution is 9.10. The van der Waals surface area contributed by atoms with E-state index in [-0.39, 0.29) is 40.0 Å². The highest BCUT2D eigenvalue weighted by Gasteiger charge is 2.36. The number of nitrogens with zero attached hydrogens (tertiary/aromatic N) is 14. The van der Waals surface area contributed by atoms with Gasteiger partial charge in [0.15, 0.2) is 23.3 Å². The van der Waals surface area contributed by atoms with Crippen molar-refractivity contribution in [3.05, 3.63) is 259 Å². The summed E-state index contributed by atoms with van der Waals surface area (Å²) in [6, 6.07) is 53.1. The molecule has 0 atom stereocenters. The summed E-state index contributed by atoms with van der Waals surface area (Å²) in [4.78, 5) is 50.8. The molecule has 0 spiro atoms. The van der Waals surface area contributed by atoms with Gasteiger partial charge in [-0.1, -0.05) is 135 Å². The SMILES string of the molecule is Cc1cccc2c(N(C)CCCN(C)C)nc(-c3cc(-c4ccccc4)cc(C(F)(F)F)c3)nc12.Cc1cccc2c(NCCCN(C)C)nc(-c3cc(-c4ccccc4F)cc(C(F)(F)F)c3)nc12.Cc1cccc2c(NCCCN3CCCCC3)nc(-c3cc(Br)cc(C(F)(F)F)c3)nc12.Cc1cccc2c(NCCCN3CCN(C)CC3)nc(-c3cc(Br)cc(C(F)(F)F)c3)nc12. The lowest BCUT2D eigenvalue weighted by atomic mass is 9.98. The third kappa shape index (κ3) is 27.1. The van der Waals surface area contributed by atoms with Crippen molar-refractivity contribution >= 4 is 98.7 Å². The number of fused-ring (bicyclic) bond motifs is 4. The van der Waals surface area contributed by atoms with Crippen molar-refractivity contribution in [2.75, 3.05) is 155 Å². The first-order valence-corrected chi connectivity index (χ1v) is 46.3. The summed E-state index contributed by atoms with van der Waals surface area (Å²) in [5, 5.41) is 13.6. The predicted octanol–water partition coefficient (Wildman–Crippen LogP) is 25.6.